The van der Waals surface area contributed by atoms with Gasteiger partial charge in [0.05, 0.1) is 12.7 Å². The van der Waals surface area contributed by atoms with E-state index in [0.717, 1.165) is 0 Å². The second-order valence-electron chi connectivity index (χ2n) is 2.02. The first-order valence-electron chi connectivity index (χ1n) is 2.77. The molecule has 0 spiro atoms. The molecule has 1 rings (SSSR count). The summed E-state index contributed by atoms with van der Waals surface area (Å²) >= 11 is 0. The number of rotatable bonds is 0. The molecule has 2 atom stereocenters. The first kappa shape index (κ1) is 6.01. The van der Waals surface area contributed by atoms with Crippen molar-refractivity contribution in [3.05, 3.63) is 0 Å². The number of ether oxygens (including phenoxy) is 1. The Morgan fingerprint density at radius 2 is 2.00 bits per heavy atom. The van der Waals surface area contributed by atoms with E-state index in [4.69, 9.17) is 14.9 Å². The van der Waals surface area contributed by atoms with Crippen molar-refractivity contribution >= 4 is 0 Å². The van der Waals surface area contributed by atoms with Crippen molar-refractivity contribution in [2.75, 3.05) is 6.61 Å². The van der Waals surface area contributed by atoms with Gasteiger partial charge in [0.2, 0.25) is 0 Å². The van der Waals surface area contributed by atoms with Gasteiger partial charge in [-0.3, -0.25) is 0 Å². The van der Waals surface area contributed by atoms with Crippen LogP contribution in [0.1, 0.15) is 12.8 Å². The Labute approximate surface area is 47.9 Å². The summed E-state index contributed by atoms with van der Waals surface area (Å²) in [5.41, 5.74) is 0. The number of hydrogen-bond donors (Lipinski definition) is 2. The van der Waals surface area contributed by atoms with E-state index in [0.29, 0.717) is 12.8 Å². The third-order valence-corrected chi connectivity index (χ3v) is 1.23. The Hall–Kier alpha value is -0.120. The zero-order chi connectivity index (χ0) is 5.98. The molecule has 0 saturated carbocycles. The normalized spacial score (nSPS) is 39.8. The molecular weight excluding hydrogens is 108 g/mol. The van der Waals surface area contributed by atoms with Gasteiger partial charge in [-0.05, 0) is 6.42 Å². The summed E-state index contributed by atoms with van der Waals surface area (Å²) < 4.78 is 4.70. The zero-order valence-corrected chi connectivity index (χ0v) is 4.58. The van der Waals surface area contributed by atoms with E-state index in [1.54, 1.807) is 0 Å². The Kier molecular flexibility index (Phi) is 1.83. The van der Waals surface area contributed by atoms with Gasteiger partial charge in [0.25, 0.3) is 0 Å². The summed E-state index contributed by atoms with van der Waals surface area (Å²) in [5.74, 6) is 0. The molecule has 1 aliphatic rings. The van der Waals surface area contributed by atoms with Crippen molar-refractivity contribution in [3.63, 3.8) is 0 Å². The standard InChI is InChI=1S/C5H10O3/c6-4-1-2-5(7)8-3-4/h4-7H,1-3H2/t4-,5+/m0/s1. The molecule has 0 radical (unpaired) electrons. The van der Waals surface area contributed by atoms with E-state index in [1.807, 2.05) is 0 Å². The molecule has 1 saturated heterocycles. The Morgan fingerprint density at radius 1 is 1.25 bits per heavy atom. The monoisotopic (exact) mass is 118 g/mol. The molecule has 3 heteroatoms. The van der Waals surface area contributed by atoms with Crippen LogP contribution in [0.25, 0.3) is 0 Å². The van der Waals surface area contributed by atoms with Crippen LogP contribution in [-0.2, 0) is 4.74 Å². The van der Waals surface area contributed by atoms with Crippen LogP contribution in [0.2, 0.25) is 0 Å². The summed E-state index contributed by atoms with van der Waals surface area (Å²) in [5, 5.41) is 17.5. The van der Waals surface area contributed by atoms with Gasteiger partial charge in [0.1, 0.15) is 0 Å². The van der Waals surface area contributed by atoms with Crippen molar-refractivity contribution < 1.29 is 14.9 Å². The van der Waals surface area contributed by atoms with E-state index in [1.165, 1.54) is 0 Å². The molecule has 0 aliphatic carbocycles. The molecule has 48 valence electrons. The van der Waals surface area contributed by atoms with Gasteiger partial charge in [-0.15, -0.1) is 0 Å². The number of aliphatic hydroxyl groups is 2. The molecule has 1 heterocycles. The third kappa shape index (κ3) is 1.43. The van der Waals surface area contributed by atoms with Gasteiger partial charge in [-0.2, -0.15) is 0 Å². The van der Waals surface area contributed by atoms with Crippen LogP contribution in [0.5, 0.6) is 0 Å². The second kappa shape index (κ2) is 2.44. The van der Waals surface area contributed by atoms with E-state index in [-0.39, 0.29) is 12.7 Å². The van der Waals surface area contributed by atoms with Crippen molar-refractivity contribution in [1.29, 1.82) is 0 Å². The molecular formula is C5H10O3. The van der Waals surface area contributed by atoms with Crippen LogP contribution >= 0.6 is 0 Å². The Morgan fingerprint density at radius 3 is 2.38 bits per heavy atom. The van der Waals surface area contributed by atoms with Gasteiger partial charge >= 0.3 is 0 Å². The SMILES string of the molecule is O[C@H]1CC[C@H](O)OC1. The van der Waals surface area contributed by atoms with Gasteiger partial charge < -0.3 is 14.9 Å². The van der Waals surface area contributed by atoms with Crippen molar-refractivity contribution in [2.45, 2.75) is 25.2 Å². The minimum atomic E-state index is -0.640. The number of aliphatic hydroxyl groups excluding tert-OH is 2. The average Bonchev–Trinajstić information content (AvgIpc) is 1.77. The van der Waals surface area contributed by atoms with Crippen molar-refractivity contribution in [3.8, 4) is 0 Å². The summed E-state index contributed by atoms with van der Waals surface area (Å²) in [6, 6.07) is 0. The first-order chi connectivity index (χ1) is 3.79. The molecule has 2 N–H and O–H groups in total. The highest BCUT2D eigenvalue weighted by Gasteiger charge is 2.16. The lowest BCUT2D eigenvalue weighted by Crippen LogP contribution is -2.28. The molecule has 0 aromatic heterocycles. The molecule has 0 amide bonds. The van der Waals surface area contributed by atoms with Gasteiger partial charge in [-0.25, -0.2) is 0 Å². The number of hydrogen-bond acceptors (Lipinski definition) is 3. The maximum Gasteiger partial charge on any atom is 0.154 e. The molecule has 0 aromatic rings. The van der Waals surface area contributed by atoms with Crippen molar-refractivity contribution in [2.24, 2.45) is 0 Å². The van der Waals surface area contributed by atoms with Crippen molar-refractivity contribution in [1.82, 2.24) is 0 Å². The van der Waals surface area contributed by atoms with Gasteiger partial charge in [0.15, 0.2) is 6.29 Å². The lowest BCUT2D eigenvalue weighted by molar-refractivity contribution is -0.155. The first-order valence-corrected chi connectivity index (χ1v) is 2.77. The lowest BCUT2D eigenvalue weighted by atomic mass is 10.2. The topological polar surface area (TPSA) is 49.7 Å². The van der Waals surface area contributed by atoms with Crippen LogP contribution in [0.15, 0.2) is 0 Å². The van der Waals surface area contributed by atoms with E-state index < -0.39 is 6.29 Å². The maximum atomic E-state index is 8.79. The van der Waals surface area contributed by atoms with Crippen LogP contribution in [0.4, 0.5) is 0 Å². The molecule has 8 heavy (non-hydrogen) atoms. The minimum Gasteiger partial charge on any atom is -0.391 e. The fourth-order valence-corrected chi connectivity index (χ4v) is 0.724. The predicted molar refractivity (Wildman–Crippen MR) is 27.2 cm³/mol. The zero-order valence-electron chi connectivity index (χ0n) is 4.58. The predicted octanol–water partition coefficient (Wildman–Crippen LogP) is -0.524. The maximum absolute atomic E-state index is 8.79. The quantitative estimate of drug-likeness (QED) is 0.450. The summed E-state index contributed by atoms with van der Waals surface area (Å²) in [6.07, 6.45) is 0.208. The molecule has 0 unspecified atom stereocenters. The van der Waals surface area contributed by atoms with Gasteiger partial charge in [0, 0.05) is 6.42 Å². The van der Waals surface area contributed by atoms with Crippen LogP contribution < -0.4 is 0 Å². The Balaban J connectivity index is 2.19. The molecule has 3 nitrogen and oxygen atoms in total. The largest absolute Gasteiger partial charge is 0.391 e. The fraction of sp³-hybridized carbons (Fsp3) is 1.00. The van der Waals surface area contributed by atoms with Gasteiger partial charge in [-0.1, -0.05) is 0 Å². The summed E-state index contributed by atoms with van der Waals surface area (Å²) in [4.78, 5) is 0. The highest BCUT2D eigenvalue weighted by atomic mass is 16.6. The van der Waals surface area contributed by atoms with Crippen LogP contribution in [0.3, 0.4) is 0 Å². The van der Waals surface area contributed by atoms with E-state index in [9.17, 15) is 0 Å². The molecule has 0 bridgehead atoms. The molecule has 0 aromatic carbocycles. The molecule has 1 aliphatic heterocycles. The minimum absolute atomic E-state index is 0.279. The highest BCUT2D eigenvalue weighted by Crippen LogP contribution is 2.09. The van der Waals surface area contributed by atoms with Crippen LogP contribution in [0, 0.1) is 0 Å². The van der Waals surface area contributed by atoms with E-state index >= 15 is 0 Å². The third-order valence-electron chi connectivity index (χ3n) is 1.23. The molecule has 1 fully saturated rings. The summed E-state index contributed by atoms with van der Waals surface area (Å²) in [6.45, 7) is 0.279. The van der Waals surface area contributed by atoms with Crippen LogP contribution in [-0.4, -0.2) is 29.2 Å². The second-order valence-corrected chi connectivity index (χ2v) is 2.02. The highest BCUT2D eigenvalue weighted by molar-refractivity contribution is 4.60. The van der Waals surface area contributed by atoms with E-state index in [2.05, 4.69) is 0 Å². The average molecular weight is 118 g/mol. The summed E-state index contributed by atoms with van der Waals surface area (Å²) in [7, 11) is 0. The fourth-order valence-electron chi connectivity index (χ4n) is 0.724. The lowest BCUT2D eigenvalue weighted by Gasteiger charge is -2.21. The Bertz CT molecular complexity index is 56.1. The smallest absolute Gasteiger partial charge is 0.154 e.